The number of carbonyl (C=O) groups is 2. The van der Waals surface area contributed by atoms with Crippen molar-refractivity contribution < 1.29 is 36.3 Å². The molecular weight excluding hydrogens is 985 g/mol. The number of carbonyl (C=O) groups excluding carboxylic acids is 1. The number of nitrogens with zero attached hydrogens (tertiary/aromatic N) is 7. The van der Waals surface area contributed by atoms with Crippen LogP contribution >= 0.6 is 0 Å². The molecule has 392 valence electrons. The number of sulfone groups is 2. The van der Waals surface area contributed by atoms with Gasteiger partial charge in [0.2, 0.25) is 0 Å². The number of carboxylic acid groups (broad SMARTS) is 1. The van der Waals surface area contributed by atoms with Crippen LogP contribution in [0.1, 0.15) is 107 Å². The zero-order chi connectivity index (χ0) is 52.5. The van der Waals surface area contributed by atoms with Crippen molar-refractivity contribution in [2.24, 2.45) is 22.7 Å². The highest BCUT2D eigenvalue weighted by Crippen LogP contribution is 2.39. The molecule has 2 aromatic carbocycles. The molecule has 5 N–H and O–H groups in total. The van der Waals surface area contributed by atoms with E-state index in [2.05, 4.69) is 78.1 Å². The van der Waals surface area contributed by atoms with Crippen molar-refractivity contribution in [1.29, 1.82) is 0 Å². The number of nitrogen functional groups attached to an aromatic ring is 1. The SMILES string of the molecule is CC1(C)CCc2c(C(=O)Nc3cnn(C(c4ccccc4)C4CS(=O)(=O)C4)c3)n[nH]c2C1.CC1(C)CCc2c(C(=O)O)nn(COCC[Si](C)(C)C)c2C1.Nc1cnn(C(c2ccccc2)C2CS(=O)(=O)C2)c1. The number of anilines is 2. The molecule has 21 heteroatoms. The van der Waals surface area contributed by atoms with Gasteiger partial charge in [-0.15, -0.1) is 0 Å². The number of ether oxygens (including phenoxy) is 1. The highest BCUT2D eigenvalue weighted by molar-refractivity contribution is 7.93. The van der Waals surface area contributed by atoms with Crippen molar-refractivity contribution in [3.05, 3.63) is 130 Å². The minimum Gasteiger partial charge on any atom is -0.476 e. The van der Waals surface area contributed by atoms with Crippen LogP contribution in [-0.4, -0.2) is 111 Å². The van der Waals surface area contributed by atoms with E-state index in [0.29, 0.717) is 23.8 Å². The van der Waals surface area contributed by atoms with Crippen molar-refractivity contribution in [3.63, 3.8) is 0 Å². The Morgan fingerprint density at radius 2 is 1.33 bits per heavy atom. The van der Waals surface area contributed by atoms with Crippen LogP contribution in [0.25, 0.3) is 0 Å². The fourth-order valence-corrected chi connectivity index (χ4v) is 14.1. The van der Waals surface area contributed by atoms with E-state index in [1.165, 1.54) is 0 Å². The normalized spacial score (nSPS) is 19.2. The Kier molecular flexibility index (Phi) is 15.5. The minimum atomic E-state index is -2.97. The lowest BCUT2D eigenvalue weighted by Gasteiger charge is -2.33. The van der Waals surface area contributed by atoms with Gasteiger partial charge in [-0.05, 0) is 66.5 Å². The van der Waals surface area contributed by atoms with E-state index in [4.69, 9.17) is 10.5 Å². The number of hydrogen-bond acceptors (Lipinski definition) is 12. The van der Waals surface area contributed by atoms with Crippen LogP contribution in [-0.2, 0) is 56.8 Å². The van der Waals surface area contributed by atoms with Crippen LogP contribution in [0.3, 0.4) is 0 Å². The van der Waals surface area contributed by atoms with Crippen molar-refractivity contribution in [3.8, 4) is 0 Å². The maximum absolute atomic E-state index is 12.9. The summed E-state index contributed by atoms with van der Waals surface area (Å²) in [5, 5.41) is 32.6. The molecule has 2 fully saturated rings. The van der Waals surface area contributed by atoms with Gasteiger partial charge >= 0.3 is 5.97 Å². The number of fused-ring (bicyclic) bond motifs is 2. The van der Waals surface area contributed by atoms with Crippen molar-refractivity contribution in [2.45, 2.75) is 111 Å². The zero-order valence-corrected chi connectivity index (χ0v) is 45.5. The van der Waals surface area contributed by atoms with Gasteiger partial charge in [-0.1, -0.05) is 108 Å². The first-order valence-corrected chi connectivity index (χ1v) is 32.3. The van der Waals surface area contributed by atoms with E-state index in [-0.39, 0.29) is 69.4 Å². The van der Waals surface area contributed by atoms with E-state index < -0.39 is 33.7 Å². The first-order valence-electron chi connectivity index (χ1n) is 25.0. The smallest absolute Gasteiger partial charge is 0.356 e. The maximum atomic E-state index is 12.9. The summed E-state index contributed by atoms with van der Waals surface area (Å²) < 4.78 is 57.5. The Morgan fingerprint density at radius 3 is 1.85 bits per heavy atom. The van der Waals surface area contributed by atoms with Crippen LogP contribution in [0.15, 0.2) is 85.5 Å². The lowest BCUT2D eigenvalue weighted by atomic mass is 9.76. The molecule has 0 spiro atoms. The molecule has 6 aromatic rings. The van der Waals surface area contributed by atoms with E-state index in [1.54, 1.807) is 38.8 Å². The molecular formula is C52H70N10O8S2Si. The summed E-state index contributed by atoms with van der Waals surface area (Å²) in [6, 6.07) is 20.4. The third-order valence-electron chi connectivity index (χ3n) is 14.2. The second-order valence-corrected chi connectivity index (χ2v) is 32.9. The zero-order valence-electron chi connectivity index (χ0n) is 42.9. The fraction of sp³-hybridized carbons (Fsp3) is 0.500. The van der Waals surface area contributed by atoms with Gasteiger partial charge in [-0.2, -0.15) is 20.4 Å². The number of rotatable bonds is 14. The number of aromatic amines is 1. The van der Waals surface area contributed by atoms with Gasteiger partial charge in [0.15, 0.2) is 31.1 Å². The van der Waals surface area contributed by atoms with Crippen molar-refractivity contribution in [1.82, 2.24) is 39.5 Å². The molecule has 10 rings (SSSR count). The number of nitrogens with one attached hydrogen (secondary N) is 2. The highest BCUT2D eigenvalue weighted by Gasteiger charge is 2.42. The quantitative estimate of drug-likeness (QED) is 0.0609. The third-order valence-corrected chi connectivity index (χ3v) is 19.7. The Balaban J connectivity index is 0.000000153. The van der Waals surface area contributed by atoms with E-state index in [1.807, 2.05) is 60.7 Å². The van der Waals surface area contributed by atoms with Crippen molar-refractivity contribution in [2.75, 3.05) is 40.7 Å². The fourth-order valence-electron chi connectivity index (χ4n) is 10.2. The van der Waals surface area contributed by atoms with Crippen LogP contribution < -0.4 is 11.1 Å². The largest absolute Gasteiger partial charge is 0.476 e. The predicted octanol–water partition coefficient (Wildman–Crippen LogP) is 7.52. The molecule has 1 amide bonds. The minimum absolute atomic E-state index is 0.0486. The molecule has 0 radical (unpaired) electrons. The van der Waals surface area contributed by atoms with Crippen molar-refractivity contribution >= 4 is 51.0 Å². The Labute approximate surface area is 429 Å². The first kappa shape index (κ1) is 53.4. The average Bonchev–Trinajstić information content (AvgIpc) is 4.11. The average molecular weight is 1060 g/mol. The van der Waals surface area contributed by atoms with Gasteiger partial charge in [-0.3, -0.25) is 19.3 Å². The highest BCUT2D eigenvalue weighted by atomic mass is 32.2. The lowest BCUT2D eigenvalue weighted by molar-refractivity contribution is 0.0667. The monoisotopic (exact) mass is 1050 g/mol. The molecule has 18 nitrogen and oxygen atoms in total. The topological polar surface area (TPSA) is 252 Å². The van der Waals surface area contributed by atoms with Gasteiger partial charge in [0.1, 0.15) is 6.73 Å². The number of amides is 1. The lowest BCUT2D eigenvalue weighted by Crippen LogP contribution is -2.42. The molecule has 4 aliphatic rings. The van der Waals surface area contributed by atoms with E-state index in [0.717, 1.165) is 84.8 Å². The molecule has 2 aliphatic carbocycles. The maximum Gasteiger partial charge on any atom is 0.356 e. The molecule has 6 heterocycles. The Hall–Kier alpha value is -5.90. The number of aromatic nitrogens is 8. The summed E-state index contributed by atoms with van der Waals surface area (Å²) in [4.78, 5) is 24.3. The first-order chi connectivity index (χ1) is 34.3. The molecule has 2 aliphatic heterocycles. The van der Waals surface area contributed by atoms with Gasteiger partial charge in [0, 0.05) is 61.4 Å². The molecule has 2 unspecified atom stereocenters. The summed E-state index contributed by atoms with van der Waals surface area (Å²) in [5.74, 6) is -0.466. The second kappa shape index (κ2) is 21.1. The standard InChI is InChI=1S/C23H27N5O3S.C16H28N2O3Si.C13H15N3O2S/c1-23(2)9-8-18-19(10-23)26-27-20(18)22(29)25-17-11-24-28(12-17)21(15-6-4-3-5-7-15)16-13-32(30,31)14-16;1-16(2)7-6-12-13(10-16)18(17-14(12)15(19)20)11-21-8-9-22(3,4)5;14-12-6-15-16(7-12)13(10-4-2-1-3-5-10)11-8-19(17,18)9-11/h3-7,11-12,16,21H,8-10,13-14H2,1-2H3,(H,25,29)(H,26,27);6-11H2,1-5H3,(H,19,20);1-7,11,13H,8-9,14H2. The number of H-pyrrole nitrogens is 1. The van der Waals surface area contributed by atoms with E-state index in [9.17, 15) is 31.5 Å². The summed E-state index contributed by atoms with van der Waals surface area (Å²) in [7, 11) is -6.94. The summed E-state index contributed by atoms with van der Waals surface area (Å²) in [5.41, 5.74) is 13.9. The van der Waals surface area contributed by atoms with E-state index >= 15 is 0 Å². The Bertz CT molecular complexity index is 3120. The molecule has 0 bridgehead atoms. The van der Waals surface area contributed by atoms with Gasteiger partial charge in [0.05, 0.1) is 58.9 Å². The van der Waals surface area contributed by atoms with Crippen LogP contribution in [0.4, 0.5) is 11.4 Å². The molecule has 73 heavy (non-hydrogen) atoms. The number of benzene rings is 2. The van der Waals surface area contributed by atoms with Crippen LogP contribution in [0, 0.1) is 22.7 Å². The number of hydrogen-bond donors (Lipinski definition) is 4. The molecule has 0 saturated carbocycles. The molecule has 2 atom stereocenters. The van der Waals surface area contributed by atoms with Crippen LogP contribution in [0.2, 0.25) is 25.7 Å². The number of nitrogens with two attached hydrogens (primary N) is 1. The van der Waals surface area contributed by atoms with Gasteiger partial charge < -0.3 is 20.9 Å². The van der Waals surface area contributed by atoms with Gasteiger partial charge in [-0.25, -0.2) is 26.3 Å². The third kappa shape index (κ3) is 13.3. The Morgan fingerprint density at radius 1 is 0.795 bits per heavy atom. The van der Waals surface area contributed by atoms with Gasteiger partial charge in [0.25, 0.3) is 5.91 Å². The summed E-state index contributed by atoms with van der Waals surface area (Å²) in [6.45, 7) is 16.9. The molecule has 4 aromatic heterocycles. The predicted molar refractivity (Wildman–Crippen MR) is 284 cm³/mol. The molecule has 2 saturated heterocycles. The van der Waals surface area contributed by atoms with Crippen LogP contribution in [0.5, 0.6) is 0 Å². The summed E-state index contributed by atoms with van der Waals surface area (Å²) in [6.07, 6.45) is 12.1. The summed E-state index contributed by atoms with van der Waals surface area (Å²) >= 11 is 0. The second-order valence-electron chi connectivity index (χ2n) is 22.9. The number of carboxylic acids is 1. The number of aromatic carboxylic acids is 1.